The first kappa shape index (κ1) is 15.4. The molecule has 0 aliphatic rings. The van der Waals surface area contributed by atoms with Crippen molar-refractivity contribution in [3.8, 4) is 0 Å². The lowest BCUT2D eigenvalue weighted by atomic mass is 10.2. The van der Waals surface area contributed by atoms with E-state index in [0.717, 1.165) is 5.56 Å². The van der Waals surface area contributed by atoms with Crippen LogP contribution in [0.3, 0.4) is 0 Å². The molecule has 112 valence electrons. The van der Waals surface area contributed by atoms with Crippen LogP contribution in [0.1, 0.15) is 15.9 Å². The third-order valence-corrected chi connectivity index (χ3v) is 2.65. The smallest absolute Gasteiger partial charge is 0.271 e. The van der Waals surface area contributed by atoms with Crippen molar-refractivity contribution >= 4 is 17.8 Å². The van der Waals surface area contributed by atoms with Gasteiger partial charge in [0.1, 0.15) is 0 Å². The van der Waals surface area contributed by atoms with Gasteiger partial charge in [0.05, 0.1) is 11.9 Å². The fourth-order valence-corrected chi connectivity index (χ4v) is 1.59. The van der Waals surface area contributed by atoms with Gasteiger partial charge >= 0.3 is 0 Å². The molecule has 0 spiro atoms. The highest BCUT2D eigenvalue weighted by molar-refractivity contribution is 5.95. The lowest BCUT2D eigenvalue weighted by Crippen LogP contribution is -2.17. The van der Waals surface area contributed by atoms with E-state index >= 15 is 0 Å². The first-order valence-corrected chi connectivity index (χ1v) is 6.72. The number of rotatable bonds is 5. The van der Waals surface area contributed by atoms with E-state index in [9.17, 15) is 4.79 Å². The maximum atomic E-state index is 11.9. The molecule has 2 rings (SSSR count). The predicted octanol–water partition coefficient (Wildman–Crippen LogP) is 3.01. The fraction of sp³-hybridized carbons (Fsp3) is 0.125. The summed E-state index contributed by atoms with van der Waals surface area (Å²) in [6.45, 7) is 0. The topological polar surface area (TPSA) is 69.4 Å². The van der Waals surface area contributed by atoms with Crippen molar-refractivity contribution in [1.29, 1.82) is 0 Å². The molecule has 1 amide bonds. The molecule has 2 aromatic rings. The summed E-state index contributed by atoms with van der Waals surface area (Å²) in [4.78, 5) is 11.9. The van der Waals surface area contributed by atoms with Gasteiger partial charge in [0, 0.05) is 19.7 Å². The number of hydrogen-bond donors (Lipinski definition) is 1. The molecule has 0 fully saturated rings. The number of carbonyl (C=O) groups is 1. The van der Waals surface area contributed by atoms with Gasteiger partial charge < -0.3 is 0 Å². The Kier molecular flexibility index (Phi) is 5.37. The number of hydrogen-bond acceptors (Lipinski definition) is 4. The lowest BCUT2D eigenvalue weighted by Gasteiger charge is -2.02. The van der Waals surface area contributed by atoms with Crippen molar-refractivity contribution in [2.45, 2.75) is 0 Å². The first-order chi connectivity index (χ1) is 10.6. The van der Waals surface area contributed by atoms with Gasteiger partial charge in [-0.15, -0.1) is 5.11 Å². The molecule has 0 heterocycles. The molecule has 0 bridgehead atoms. The highest BCUT2D eigenvalue weighted by Gasteiger charge is 2.03. The van der Waals surface area contributed by atoms with Crippen molar-refractivity contribution in [2.75, 3.05) is 14.1 Å². The number of benzene rings is 2. The Morgan fingerprint density at radius 2 is 1.73 bits per heavy atom. The van der Waals surface area contributed by atoms with Crippen molar-refractivity contribution in [3.63, 3.8) is 0 Å². The highest BCUT2D eigenvalue weighted by atomic mass is 16.2. The van der Waals surface area contributed by atoms with Gasteiger partial charge in [0.25, 0.3) is 5.91 Å². The van der Waals surface area contributed by atoms with Crippen LogP contribution in [0.4, 0.5) is 5.69 Å². The molecule has 0 aliphatic carbocycles. The van der Waals surface area contributed by atoms with Gasteiger partial charge in [-0.05, 0) is 29.8 Å². The van der Waals surface area contributed by atoms with E-state index in [4.69, 9.17) is 0 Å². The van der Waals surface area contributed by atoms with Crippen LogP contribution in [0, 0.1) is 0 Å². The third-order valence-electron chi connectivity index (χ3n) is 2.65. The number of carbonyl (C=O) groups excluding carboxylic acids is 1. The maximum absolute atomic E-state index is 11.9. The molecule has 0 atom stereocenters. The minimum atomic E-state index is -0.275. The molecule has 6 nitrogen and oxygen atoms in total. The molecule has 2 aromatic carbocycles. The second kappa shape index (κ2) is 7.68. The van der Waals surface area contributed by atoms with Gasteiger partial charge in [0.15, 0.2) is 0 Å². The second-order valence-electron chi connectivity index (χ2n) is 4.69. The van der Waals surface area contributed by atoms with E-state index in [0.29, 0.717) is 11.3 Å². The number of amides is 1. The summed E-state index contributed by atoms with van der Waals surface area (Å²) in [7, 11) is 3.58. The molecule has 6 heteroatoms. The highest BCUT2D eigenvalue weighted by Crippen LogP contribution is 2.13. The zero-order valence-corrected chi connectivity index (χ0v) is 12.5. The van der Waals surface area contributed by atoms with Gasteiger partial charge in [-0.3, -0.25) is 9.80 Å². The van der Waals surface area contributed by atoms with Crippen LogP contribution in [0.2, 0.25) is 0 Å². The largest absolute Gasteiger partial charge is 0.285 e. The average molecular weight is 295 g/mol. The standard InChI is InChI=1S/C16H17N5O/c1-21(2)20-18-15-10-8-14(9-11-15)16(22)19-17-12-13-6-4-3-5-7-13/h3-12H,1-2H3,(H,19,22)/b17-12-,20-18?. The average Bonchev–Trinajstić information content (AvgIpc) is 2.54. The Labute approximate surface area is 129 Å². The van der Waals surface area contributed by atoms with E-state index in [2.05, 4.69) is 20.9 Å². The van der Waals surface area contributed by atoms with Crippen LogP contribution in [0.15, 0.2) is 70.0 Å². The fourth-order valence-electron chi connectivity index (χ4n) is 1.59. The van der Waals surface area contributed by atoms with Crippen LogP contribution >= 0.6 is 0 Å². The van der Waals surface area contributed by atoms with Gasteiger partial charge in [-0.1, -0.05) is 35.6 Å². The monoisotopic (exact) mass is 295 g/mol. The summed E-state index contributed by atoms with van der Waals surface area (Å²) in [5, 5.41) is 13.4. The molecule has 0 unspecified atom stereocenters. The van der Waals surface area contributed by atoms with E-state index < -0.39 is 0 Å². The van der Waals surface area contributed by atoms with Gasteiger partial charge in [-0.25, -0.2) is 5.43 Å². The third kappa shape index (κ3) is 4.82. The molecule has 1 N–H and O–H groups in total. The van der Waals surface area contributed by atoms with Crippen molar-refractivity contribution < 1.29 is 4.79 Å². The Balaban J connectivity index is 1.94. The first-order valence-electron chi connectivity index (χ1n) is 6.72. The summed E-state index contributed by atoms with van der Waals surface area (Å²) in [6, 6.07) is 16.3. The quantitative estimate of drug-likeness (QED) is 0.523. The van der Waals surface area contributed by atoms with Crippen LogP contribution in [-0.2, 0) is 0 Å². The van der Waals surface area contributed by atoms with Crippen molar-refractivity contribution in [3.05, 3.63) is 65.7 Å². The van der Waals surface area contributed by atoms with Gasteiger partial charge in [0.2, 0.25) is 0 Å². The minimum Gasteiger partial charge on any atom is -0.285 e. The molecule has 0 saturated carbocycles. The van der Waals surface area contributed by atoms with Crippen molar-refractivity contribution in [2.24, 2.45) is 15.4 Å². The van der Waals surface area contributed by atoms with Crippen LogP contribution in [0.25, 0.3) is 0 Å². The molecule has 0 aliphatic heterocycles. The maximum Gasteiger partial charge on any atom is 0.271 e. The summed E-state index contributed by atoms with van der Waals surface area (Å²) in [5.41, 5.74) is 4.59. The number of nitrogens with zero attached hydrogens (tertiary/aromatic N) is 4. The summed E-state index contributed by atoms with van der Waals surface area (Å²) < 4.78 is 0. The van der Waals surface area contributed by atoms with E-state index in [-0.39, 0.29) is 5.91 Å². The minimum absolute atomic E-state index is 0.275. The van der Waals surface area contributed by atoms with Gasteiger partial charge in [-0.2, -0.15) is 5.10 Å². The van der Waals surface area contributed by atoms with Crippen LogP contribution in [-0.4, -0.2) is 31.2 Å². The van der Waals surface area contributed by atoms with Crippen LogP contribution in [0.5, 0.6) is 0 Å². The Morgan fingerprint density at radius 3 is 2.36 bits per heavy atom. The Hall–Kier alpha value is -3.02. The molecule has 0 saturated heterocycles. The molecular weight excluding hydrogens is 278 g/mol. The summed E-state index contributed by atoms with van der Waals surface area (Å²) in [5.74, 6) is -0.275. The molecule has 0 radical (unpaired) electrons. The van der Waals surface area contributed by atoms with E-state index in [1.165, 1.54) is 0 Å². The zero-order chi connectivity index (χ0) is 15.8. The normalized spacial score (nSPS) is 11.0. The lowest BCUT2D eigenvalue weighted by molar-refractivity contribution is 0.0955. The number of nitrogens with one attached hydrogen (secondary N) is 1. The molecule has 0 aromatic heterocycles. The predicted molar refractivity (Wildman–Crippen MR) is 86.1 cm³/mol. The van der Waals surface area contributed by atoms with Crippen LogP contribution < -0.4 is 5.43 Å². The number of hydrazone groups is 1. The Bertz CT molecular complexity index is 663. The molecule has 22 heavy (non-hydrogen) atoms. The van der Waals surface area contributed by atoms with E-state index in [1.807, 2.05) is 30.3 Å². The SMILES string of the molecule is CN(C)N=Nc1ccc(C(=O)N/N=C\c2ccccc2)cc1. The zero-order valence-electron chi connectivity index (χ0n) is 12.5. The second-order valence-corrected chi connectivity index (χ2v) is 4.69. The van der Waals surface area contributed by atoms with E-state index in [1.54, 1.807) is 49.6 Å². The summed E-state index contributed by atoms with van der Waals surface area (Å²) >= 11 is 0. The molecular formula is C16H17N5O. The Morgan fingerprint density at radius 1 is 1.05 bits per heavy atom. The van der Waals surface area contributed by atoms with Crippen molar-refractivity contribution in [1.82, 2.24) is 10.4 Å². The summed E-state index contributed by atoms with van der Waals surface area (Å²) in [6.07, 6.45) is 1.59.